The highest BCUT2D eigenvalue weighted by Crippen LogP contribution is 2.37. The summed E-state index contributed by atoms with van der Waals surface area (Å²) in [6.45, 7) is 2.99. The molecule has 0 unspecified atom stereocenters. The zero-order valence-electron chi connectivity index (χ0n) is 18.1. The van der Waals surface area contributed by atoms with Gasteiger partial charge in [0.05, 0.1) is 18.9 Å². The number of rotatable bonds is 4. The number of hydrogen-bond acceptors (Lipinski definition) is 4. The molecule has 1 aliphatic heterocycles. The second kappa shape index (κ2) is 9.82. The van der Waals surface area contributed by atoms with Crippen LogP contribution >= 0.6 is 0 Å². The van der Waals surface area contributed by atoms with Crippen molar-refractivity contribution < 1.29 is 14.3 Å². The Hall–Kier alpha value is -3.08. The maximum absolute atomic E-state index is 13.4. The van der Waals surface area contributed by atoms with Crippen molar-refractivity contribution in [1.29, 1.82) is 0 Å². The quantitative estimate of drug-likeness (QED) is 0.704. The topological polar surface area (TPSA) is 49.9 Å². The number of nitrogens with zero attached hydrogens (tertiary/aromatic N) is 2. The molecule has 2 aromatic rings. The second-order valence-corrected chi connectivity index (χ2v) is 8.34. The molecule has 1 amide bonds. The fraction of sp³-hybridized carbons (Fsp3) is 0.385. The molecule has 162 valence electrons. The van der Waals surface area contributed by atoms with Crippen LogP contribution < -0.4 is 4.90 Å². The third-order valence-electron chi connectivity index (χ3n) is 6.45. The summed E-state index contributed by atoms with van der Waals surface area (Å²) in [6, 6.07) is 20.4. The first-order valence-electron chi connectivity index (χ1n) is 11.1. The molecule has 5 heteroatoms. The van der Waals surface area contributed by atoms with Crippen molar-refractivity contribution in [2.45, 2.75) is 19.3 Å². The van der Waals surface area contributed by atoms with Crippen LogP contribution in [-0.2, 0) is 14.3 Å². The van der Waals surface area contributed by atoms with E-state index < -0.39 is 5.92 Å². The van der Waals surface area contributed by atoms with Gasteiger partial charge in [0.1, 0.15) is 0 Å². The predicted molar refractivity (Wildman–Crippen MR) is 123 cm³/mol. The third-order valence-corrected chi connectivity index (χ3v) is 6.45. The van der Waals surface area contributed by atoms with Crippen LogP contribution in [0.1, 0.15) is 24.8 Å². The van der Waals surface area contributed by atoms with Crippen molar-refractivity contribution in [1.82, 2.24) is 4.90 Å². The first kappa shape index (κ1) is 21.2. The Morgan fingerprint density at radius 3 is 2.19 bits per heavy atom. The maximum Gasteiger partial charge on any atom is 0.309 e. The van der Waals surface area contributed by atoms with E-state index >= 15 is 0 Å². The average molecular weight is 419 g/mol. The summed E-state index contributed by atoms with van der Waals surface area (Å²) >= 11 is 0. The van der Waals surface area contributed by atoms with Crippen LogP contribution in [0.25, 0.3) is 6.08 Å². The van der Waals surface area contributed by atoms with Crippen molar-refractivity contribution in [3.05, 3.63) is 71.8 Å². The van der Waals surface area contributed by atoms with E-state index in [0.29, 0.717) is 25.9 Å². The number of benzene rings is 2. The smallest absolute Gasteiger partial charge is 0.309 e. The van der Waals surface area contributed by atoms with E-state index in [2.05, 4.69) is 35.2 Å². The Balaban J connectivity index is 1.42. The van der Waals surface area contributed by atoms with Crippen molar-refractivity contribution in [2.24, 2.45) is 11.8 Å². The molecule has 0 radical (unpaired) electrons. The summed E-state index contributed by atoms with van der Waals surface area (Å²) in [6.07, 6.45) is 4.26. The van der Waals surface area contributed by atoms with E-state index in [9.17, 15) is 9.59 Å². The number of esters is 1. The minimum absolute atomic E-state index is 0.0990. The van der Waals surface area contributed by atoms with Gasteiger partial charge < -0.3 is 14.5 Å². The van der Waals surface area contributed by atoms with Gasteiger partial charge in [-0.1, -0.05) is 60.2 Å². The van der Waals surface area contributed by atoms with Gasteiger partial charge in [0.2, 0.25) is 5.91 Å². The summed E-state index contributed by atoms with van der Waals surface area (Å²) in [5.41, 5.74) is 3.53. The van der Waals surface area contributed by atoms with Gasteiger partial charge in [0, 0.05) is 31.9 Å². The number of ether oxygens (including phenoxy) is 1. The largest absolute Gasteiger partial charge is 0.469 e. The molecule has 2 aromatic carbocycles. The SMILES string of the molecule is COC(=O)[C@H]1C/C(=C/c2ccccc2)CC[C@@H]1C(=O)N1CCN(c2ccccc2)CC1. The molecule has 1 saturated heterocycles. The number of hydrogen-bond donors (Lipinski definition) is 0. The van der Waals surface area contributed by atoms with Crippen LogP contribution in [0.5, 0.6) is 0 Å². The molecular formula is C26H30N2O3. The number of carbonyl (C=O) groups is 2. The highest BCUT2D eigenvalue weighted by molar-refractivity contribution is 5.86. The van der Waals surface area contributed by atoms with Crippen LogP contribution in [0, 0.1) is 11.8 Å². The number of allylic oxidation sites excluding steroid dienone is 1. The Labute approximate surface area is 184 Å². The van der Waals surface area contributed by atoms with Crippen molar-refractivity contribution in [2.75, 3.05) is 38.2 Å². The zero-order chi connectivity index (χ0) is 21.6. The summed E-state index contributed by atoms with van der Waals surface area (Å²) < 4.78 is 5.09. The van der Waals surface area contributed by atoms with Crippen molar-refractivity contribution in [3.8, 4) is 0 Å². The van der Waals surface area contributed by atoms with Gasteiger partial charge in [-0.3, -0.25) is 9.59 Å². The molecule has 1 saturated carbocycles. The normalized spacial score (nSPS) is 22.9. The van der Waals surface area contributed by atoms with Gasteiger partial charge in [-0.2, -0.15) is 0 Å². The molecule has 0 spiro atoms. The van der Waals surface area contributed by atoms with E-state index in [1.807, 2.05) is 41.3 Å². The zero-order valence-corrected chi connectivity index (χ0v) is 18.1. The lowest BCUT2D eigenvalue weighted by atomic mass is 9.75. The fourth-order valence-corrected chi connectivity index (χ4v) is 4.74. The minimum atomic E-state index is -0.409. The number of amides is 1. The second-order valence-electron chi connectivity index (χ2n) is 8.34. The van der Waals surface area contributed by atoms with E-state index in [-0.39, 0.29) is 17.8 Å². The standard InChI is InChI=1S/C26H30N2O3/c1-31-26(30)24-19-21(18-20-8-4-2-5-9-20)12-13-23(24)25(29)28-16-14-27(15-17-28)22-10-6-3-7-11-22/h2-11,18,23-24H,12-17,19H2,1H3/b21-18+/t23-,24-/m0/s1. The molecule has 31 heavy (non-hydrogen) atoms. The summed E-state index contributed by atoms with van der Waals surface area (Å²) in [5.74, 6) is -0.890. The lowest BCUT2D eigenvalue weighted by Crippen LogP contribution is -2.52. The molecule has 2 fully saturated rings. The molecule has 4 rings (SSSR count). The van der Waals surface area contributed by atoms with E-state index in [0.717, 1.165) is 25.1 Å². The number of anilines is 1. The van der Waals surface area contributed by atoms with Gasteiger partial charge in [0.15, 0.2) is 0 Å². The van der Waals surface area contributed by atoms with Crippen LogP contribution in [0.2, 0.25) is 0 Å². The molecule has 5 nitrogen and oxygen atoms in total. The number of para-hydroxylation sites is 1. The average Bonchev–Trinajstić information content (AvgIpc) is 2.84. The number of carbonyl (C=O) groups excluding carboxylic acids is 2. The first-order chi connectivity index (χ1) is 15.2. The lowest BCUT2D eigenvalue weighted by molar-refractivity contribution is -0.154. The fourth-order valence-electron chi connectivity index (χ4n) is 4.74. The Morgan fingerprint density at radius 2 is 1.55 bits per heavy atom. The Morgan fingerprint density at radius 1 is 0.903 bits per heavy atom. The van der Waals surface area contributed by atoms with Crippen LogP contribution in [0.4, 0.5) is 5.69 Å². The Bertz CT molecular complexity index is 918. The highest BCUT2D eigenvalue weighted by Gasteiger charge is 2.40. The van der Waals surface area contributed by atoms with Crippen LogP contribution in [-0.4, -0.2) is 50.1 Å². The van der Waals surface area contributed by atoms with Crippen molar-refractivity contribution >= 4 is 23.6 Å². The summed E-state index contributed by atoms with van der Waals surface area (Å²) in [4.78, 5) is 30.2. The summed E-state index contributed by atoms with van der Waals surface area (Å²) in [7, 11) is 1.41. The molecule has 2 aliphatic rings. The molecular weight excluding hydrogens is 388 g/mol. The predicted octanol–water partition coefficient (Wildman–Crippen LogP) is 4.01. The molecule has 1 aliphatic carbocycles. The molecule has 0 bridgehead atoms. The minimum Gasteiger partial charge on any atom is -0.469 e. The van der Waals surface area contributed by atoms with Gasteiger partial charge >= 0.3 is 5.97 Å². The van der Waals surface area contributed by atoms with E-state index in [1.54, 1.807) is 0 Å². The van der Waals surface area contributed by atoms with Gasteiger partial charge in [0.25, 0.3) is 0 Å². The highest BCUT2D eigenvalue weighted by atomic mass is 16.5. The van der Waals surface area contributed by atoms with Crippen LogP contribution in [0.3, 0.4) is 0 Å². The number of piperazine rings is 1. The molecule has 0 aromatic heterocycles. The Kier molecular flexibility index (Phi) is 6.70. The monoisotopic (exact) mass is 418 g/mol. The maximum atomic E-state index is 13.4. The number of methoxy groups -OCH3 is 1. The summed E-state index contributed by atoms with van der Waals surface area (Å²) in [5, 5.41) is 0. The molecule has 1 heterocycles. The van der Waals surface area contributed by atoms with Crippen molar-refractivity contribution in [3.63, 3.8) is 0 Å². The van der Waals surface area contributed by atoms with Gasteiger partial charge in [-0.05, 0) is 37.0 Å². The molecule has 2 atom stereocenters. The van der Waals surface area contributed by atoms with Crippen LogP contribution in [0.15, 0.2) is 66.2 Å². The third kappa shape index (κ3) is 4.98. The van der Waals surface area contributed by atoms with Gasteiger partial charge in [-0.25, -0.2) is 0 Å². The lowest BCUT2D eigenvalue weighted by Gasteiger charge is -2.39. The first-order valence-corrected chi connectivity index (χ1v) is 11.1. The van der Waals surface area contributed by atoms with E-state index in [1.165, 1.54) is 18.4 Å². The molecule has 0 N–H and O–H groups in total. The van der Waals surface area contributed by atoms with Gasteiger partial charge in [-0.15, -0.1) is 0 Å². The van der Waals surface area contributed by atoms with E-state index in [4.69, 9.17) is 4.74 Å².